The summed E-state index contributed by atoms with van der Waals surface area (Å²) in [6.45, 7) is 9.20. The zero-order valence-electron chi connectivity index (χ0n) is 24.9. The van der Waals surface area contributed by atoms with E-state index in [1.54, 1.807) is 30.3 Å². The van der Waals surface area contributed by atoms with Gasteiger partial charge in [0, 0.05) is 18.5 Å². The number of nitrogens with one attached hydrogen (secondary N) is 1. The van der Waals surface area contributed by atoms with Gasteiger partial charge in [0.1, 0.15) is 12.6 Å². The topological polar surface area (TPSA) is 86.8 Å². The van der Waals surface area contributed by atoms with E-state index < -0.39 is 34.1 Å². The molecule has 42 heavy (non-hydrogen) atoms. The van der Waals surface area contributed by atoms with Gasteiger partial charge in [-0.25, -0.2) is 8.42 Å². The number of hydrogen-bond donors (Lipinski definition) is 1. The van der Waals surface area contributed by atoms with E-state index in [1.807, 2.05) is 77.1 Å². The molecular weight excluding hydrogens is 593 g/mol. The fourth-order valence-electron chi connectivity index (χ4n) is 4.48. The minimum absolute atomic E-state index is 0.00861. The number of hydrogen-bond acceptors (Lipinski definition) is 4. The van der Waals surface area contributed by atoms with Crippen molar-refractivity contribution in [2.24, 2.45) is 0 Å². The number of rotatable bonds is 11. The first-order valence-electron chi connectivity index (χ1n) is 13.7. The number of nitrogens with zero attached hydrogens (tertiary/aromatic N) is 2. The third-order valence-electron chi connectivity index (χ3n) is 6.63. The number of anilines is 1. The van der Waals surface area contributed by atoms with E-state index in [1.165, 1.54) is 4.90 Å². The van der Waals surface area contributed by atoms with Crippen LogP contribution in [-0.2, 0) is 32.6 Å². The van der Waals surface area contributed by atoms with Crippen LogP contribution in [0.5, 0.6) is 0 Å². The highest BCUT2D eigenvalue weighted by molar-refractivity contribution is 7.92. The number of carbonyl (C=O) groups is 2. The second-order valence-corrected chi connectivity index (χ2v) is 14.5. The van der Waals surface area contributed by atoms with Crippen LogP contribution in [0.3, 0.4) is 0 Å². The lowest BCUT2D eigenvalue weighted by molar-refractivity contribution is -0.140. The van der Waals surface area contributed by atoms with Gasteiger partial charge >= 0.3 is 0 Å². The minimum atomic E-state index is -3.85. The molecule has 10 heteroatoms. The molecule has 3 aromatic carbocycles. The van der Waals surface area contributed by atoms with E-state index in [0.717, 1.165) is 21.7 Å². The molecule has 3 rings (SSSR count). The number of halogens is 2. The lowest BCUT2D eigenvalue weighted by atomic mass is 10.0. The molecule has 0 aromatic heterocycles. The molecule has 0 radical (unpaired) electrons. The molecule has 0 aliphatic heterocycles. The maximum Gasteiger partial charge on any atom is 0.244 e. The summed E-state index contributed by atoms with van der Waals surface area (Å²) < 4.78 is 27.0. The van der Waals surface area contributed by atoms with Gasteiger partial charge < -0.3 is 10.2 Å². The molecule has 0 bridgehead atoms. The van der Waals surface area contributed by atoms with Crippen LogP contribution in [0.4, 0.5) is 5.69 Å². The van der Waals surface area contributed by atoms with Gasteiger partial charge in [-0.3, -0.25) is 13.9 Å². The van der Waals surface area contributed by atoms with Gasteiger partial charge in [0.2, 0.25) is 21.8 Å². The Kier molecular flexibility index (Phi) is 11.1. The number of amides is 2. The predicted molar refractivity (Wildman–Crippen MR) is 172 cm³/mol. The molecule has 1 N–H and O–H groups in total. The molecule has 2 amide bonds. The smallest absolute Gasteiger partial charge is 0.244 e. The maximum absolute atomic E-state index is 14.2. The molecule has 3 aromatic rings. The Bertz CT molecular complexity index is 1490. The number of carbonyl (C=O) groups excluding carboxylic acids is 2. The third-order valence-corrected chi connectivity index (χ3v) is 8.51. The highest BCUT2D eigenvalue weighted by Crippen LogP contribution is 2.26. The molecular formula is C32H39Cl2N3O4S. The number of sulfonamides is 1. The zero-order valence-corrected chi connectivity index (χ0v) is 27.2. The molecule has 0 saturated carbocycles. The van der Waals surface area contributed by atoms with Gasteiger partial charge in [-0.2, -0.15) is 0 Å². The number of benzene rings is 3. The van der Waals surface area contributed by atoms with Gasteiger partial charge in [-0.05, 0) is 67.6 Å². The van der Waals surface area contributed by atoms with Crippen LogP contribution in [0.15, 0.2) is 72.8 Å². The highest BCUT2D eigenvalue weighted by atomic mass is 35.5. The van der Waals surface area contributed by atoms with E-state index in [9.17, 15) is 18.0 Å². The molecule has 7 nitrogen and oxygen atoms in total. The molecule has 0 aliphatic carbocycles. The van der Waals surface area contributed by atoms with Gasteiger partial charge in [-0.15, -0.1) is 0 Å². The van der Waals surface area contributed by atoms with Gasteiger partial charge in [0.15, 0.2) is 0 Å². The zero-order chi connectivity index (χ0) is 31.2. The largest absolute Gasteiger partial charge is 0.350 e. The van der Waals surface area contributed by atoms with Crippen molar-refractivity contribution in [2.45, 2.75) is 65.1 Å². The first-order valence-corrected chi connectivity index (χ1v) is 16.3. The van der Waals surface area contributed by atoms with Crippen molar-refractivity contribution in [3.63, 3.8) is 0 Å². The van der Waals surface area contributed by atoms with E-state index in [2.05, 4.69) is 5.32 Å². The first-order chi connectivity index (χ1) is 19.5. The summed E-state index contributed by atoms with van der Waals surface area (Å²) in [7, 11) is -3.85. The second kappa shape index (κ2) is 13.9. The quantitative estimate of drug-likeness (QED) is 0.264. The van der Waals surface area contributed by atoms with Crippen LogP contribution in [0, 0.1) is 0 Å². The fourth-order valence-corrected chi connectivity index (χ4v) is 5.65. The van der Waals surface area contributed by atoms with Crippen molar-refractivity contribution in [3.05, 3.63) is 99.5 Å². The van der Waals surface area contributed by atoms with Crippen molar-refractivity contribution in [1.82, 2.24) is 10.2 Å². The molecule has 0 fully saturated rings. The van der Waals surface area contributed by atoms with Crippen LogP contribution in [-0.4, -0.2) is 49.5 Å². The summed E-state index contributed by atoms with van der Waals surface area (Å²) in [5.41, 5.74) is 2.33. The molecule has 0 spiro atoms. The maximum atomic E-state index is 14.2. The molecule has 1 atom stereocenters. The Hall–Kier alpha value is -3.07. The van der Waals surface area contributed by atoms with Crippen molar-refractivity contribution >= 4 is 50.7 Å². The Morgan fingerprint density at radius 1 is 0.881 bits per heavy atom. The summed E-state index contributed by atoms with van der Waals surface area (Å²) in [5.74, 6) is -0.634. The minimum Gasteiger partial charge on any atom is -0.350 e. The molecule has 0 heterocycles. The van der Waals surface area contributed by atoms with Crippen molar-refractivity contribution in [1.29, 1.82) is 0 Å². The molecule has 1 unspecified atom stereocenters. The predicted octanol–water partition coefficient (Wildman–Crippen LogP) is 6.44. The van der Waals surface area contributed by atoms with Gasteiger partial charge in [0.25, 0.3) is 0 Å². The first kappa shape index (κ1) is 33.4. The monoisotopic (exact) mass is 631 g/mol. The van der Waals surface area contributed by atoms with E-state index >= 15 is 0 Å². The Morgan fingerprint density at radius 2 is 1.50 bits per heavy atom. The SMILES string of the molecule is CC(C)c1ccc(N(CC(=O)N(Cc2ccc(Cl)c(Cl)c2)C(Cc2ccccc2)C(=O)NC(C)(C)C)S(C)(=O)=O)cc1. The van der Waals surface area contributed by atoms with Gasteiger partial charge in [0.05, 0.1) is 22.0 Å². The average molecular weight is 633 g/mol. The lowest BCUT2D eigenvalue weighted by Crippen LogP contribution is -2.56. The standard InChI is InChI=1S/C32H39Cl2N3O4S/c1-22(2)25-13-15-26(16-14-25)37(42(6,40)41)21-30(38)36(20-24-12-17-27(33)28(34)18-24)29(31(39)35-32(3,4)5)19-23-10-8-7-9-11-23/h7-18,22,29H,19-21H2,1-6H3,(H,35,39). The summed E-state index contributed by atoms with van der Waals surface area (Å²) in [6.07, 6.45) is 1.28. The van der Waals surface area contributed by atoms with E-state index in [0.29, 0.717) is 21.3 Å². The third kappa shape index (κ3) is 9.48. The summed E-state index contributed by atoms with van der Waals surface area (Å²) in [6, 6.07) is 20.5. The van der Waals surface area contributed by atoms with Crippen LogP contribution < -0.4 is 9.62 Å². The van der Waals surface area contributed by atoms with Crippen molar-refractivity contribution in [3.8, 4) is 0 Å². The van der Waals surface area contributed by atoms with E-state index in [4.69, 9.17) is 23.2 Å². The van der Waals surface area contributed by atoms with Gasteiger partial charge in [-0.1, -0.05) is 85.6 Å². The molecule has 226 valence electrons. The van der Waals surface area contributed by atoms with Crippen molar-refractivity contribution in [2.75, 3.05) is 17.1 Å². The fraction of sp³-hybridized carbons (Fsp3) is 0.375. The van der Waals surface area contributed by atoms with Crippen LogP contribution >= 0.6 is 23.2 Å². The summed E-state index contributed by atoms with van der Waals surface area (Å²) >= 11 is 12.4. The Morgan fingerprint density at radius 3 is 2.02 bits per heavy atom. The second-order valence-electron chi connectivity index (χ2n) is 11.7. The lowest BCUT2D eigenvalue weighted by Gasteiger charge is -2.35. The van der Waals surface area contributed by atoms with Crippen LogP contribution in [0.2, 0.25) is 10.0 Å². The summed E-state index contributed by atoms with van der Waals surface area (Å²) in [4.78, 5) is 29.4. The Balaban J connectivity index is 2.08. The average Bonchev–Trinajstić information content (AvgIpc) is 2.90. The van der Waals surface area contributed by atoms with Crippen LogP contribution in [0.1, 0.15) is 57.2 Å². The molecule has 0 aliphatic rings. The Labute approximate surface area is 259 Å². The summed E-state index contributed by atoms with van der Waals surface area (Å²) in [5, 5.41) is 3.67. The normalized spacial score (nSPS) is 12.6. The molecule has 0 saturated heterocycles. The highest BCUT2D eigenvalue weighted by Gasteiger charge is 2.34. The van der Waals surface area contributed by atoms with E-state index in [-0.39, 0.29) is 24.8 Å². The van der Waals surface area contributed by atoms with Crippen molar-refractivity contribution < 1.29 is 18.0 Å². The van der Waals surface area contributed by atoms with Crippen LogP contribution in [0.25, 0.3) is 0 Å².